The fourth-order valence-electron chi connectivity index (χ4n) is 2.74. The predicted octanol–water partition coefficient (Wildman–Crippen LogP) is 2.19. The molecule has 1 aromatic rings. The quantitative estimate of drug-likeness (QED) is 0.870. The van der Waals surface area contributed by atoms with Crippen LogP contribution in [0.4, 0.5) is 4.79 Å². The summed E-state index contributed by atoms with van der Waals surface area (Å²) < 4.78 is 5.26. The maximum atomic E-state index is 12.0. The number of carboxylic acid groups (broad SMARTS) is 1. The second-order valence-corrected chi connectivity index (χ2v) is 5.85. The summed E-state index contributed by atoms with van der Waals surface area (Å²) in [6, 6.07) is 9.08. The molecule has 23 heavy (non-hydrogen) atoms. The molecule has 0 aromatic heterocycles. The van der Waals surface area contributed by atoms with Crippen molar-refractivity contribution < 1.29 is 19.4 Å². The Morgan fingerprint density at radius 1 is 1.30 bits per heavy atom. The Kier molecular flexibility index (Phi) is 6.40. The number of carboxylic acids is 1. The van der Waals surface area contributed by atoms with Crippen molar-refractivity contribution in [3.8, 4) is 0 Å². The number of nitrogens with zero attached hydrogens (tertiary/aromatic N) is 2. The van der Waals surface area contributed by atoms with E-state index in [0.29, 0.717) is 19.5 Å². The molecule has 0 radical (unpaired) electrons. The van der Waals surface area contributed by atoms with Crippen LogP contribution in [0.3, 0.4) is 0 Å². The second kappa shape index (κ2) is 8.53. The molecule has 1 aromatic carbocycles. The van der Waals surface area contributed by atoms with Crippen LogP contribution in [0.5, 0.6) is 0 Å². The number of likely N-dealkylation sites (tertiary alicyclic amines) is 1. The van der Waals surface area contributed by atoms with Gasteiger partial charge in [0.05, 0.1) is 0 Å². The van der Waals surface area contributed by atoms with Gasteiger partial charge in [-0.25, -0.2) is 4.79 Å². The van der Waals surface area contributed by atoms with Crippen molar-refractivity contribution in [1.82, 2.24) is 9.80 Å². The molecule has 1 fully saturated rings. The van der Waals surface area contributed by atoms with Crippen molar-refractivity contribution in [2.75, 3.05) is 26.7 Å². The zero-order chi connectivity index (χ0) is 16.7. The molecule has 0 bridgehead atoms. The van der Waals surface area contributed by atoms with Crippen molar-refractivity contribution in [1.29, 1.82) is 0 Å². The van der Waals surface area contributed by atoms with Crippen molar-refractivity contribution >= 4 is 12.1 Å². The van der Waals surface area contributed by atoms with Gasteiger partial charge in [0.15, 0.2) is 0 Å². The van der Waals surface area contributed by atoms with Crippen molar-refractivity contribution in [3.05, 3.63) is 35.9 Å². The molecule has 1 amide bonds. The number of benzene rings is 1. The molecule has 1 heterocycles. The van der Waals surface area contributed by atoms with E-state index in [4.69, 9.17) is 4.74 Å². The Hall–Kier alpha value is -2.08. The summed E-state index contributed by atoms with van der Waals surface area (Å²) in [5, 5.41) is 9.25. The first-order valence-corrected chi connectivity index (χ1v) is 7.96. The number of aliphatic carboxylic acids is 1. The summed E-state index contributed by atoms with van der Waals surface area (Å²) >= 11 is 0. The van der Waals surface area contributed by atoms with E-state index in [1.54, 1.807) is 7.05 Å². The number of rotatable bonds is 6. The molecule has 6 heteroatoms. The molecule has 1 N–H and O–H groups in total. The third-order valence-electron chi connectivity index (χ3n) is 4.14. The minimum Gasteiger partial charge on any atom is -0.480 e. The van der Waals surface area contributed by atoms with Gasteiger partial charge in [0.2, 0.25) is 0 Å². The summed E-state index contributed by atoms with van der Waals surface area (Å²) in [5.74, 6) is -0.779. The summed E-state index contributed by atoms with van der Waals surface area (Å²) in [4.78, 5) is 26.7. The Balaban J connectivity index is 1.75. The molecular formula is C17H24N2O4. The lowest BCUT2D eigenvalue weighted by atomic mass is 10.0. The maximum Gasteiger partial charge on any atom is 0.409 e. The molecule has 1 saturated heterocycles. The van der Waals surface area contributed by atoms with Gasteiger partial charge in [0.1, 0.15) is 12.6 Å². The molecule has 0 unspecified atom stereocenters. The summed E-state index contributed by atoms with van der Waals surface area (Å²) in [5.41, 5.74) is 0.941. The Morgan fingerprint density at radius 2 is 2.04 bits per heavy atom. The first-order valence-electron chi connectivity index (χ1n) is 7.96. The minimum absolute atomic E-state index is 0.242. The van der Waals surface area contributed by atoms with Crippen LogP contribution in [0.2, 0.25) is 0 Å². The molecule has 1 atom stereocenters. The molecule has 126 valence electrons. The lowest BCUT2D eigenvalue weighted by Crippen LogP contribution is -2.47. The van der Waals surface area contributed by atoms with E-state index in [1.807, 2.05) is 35.2 Å². The zero-order valence-corrected chi connectivity index (χ0v) is 13.5. The average molecular weight is 320 g/mol. The van der Waals surface area contributed by atoms with Gasteiger partial charge in [-0.05, 0) is 24.9 Å². The van der Waals surface area contributed by atoms with E-state index in [9.17, 15) is 14.7 Å². The Morgan fingerprint density at radius 3 is 2.74 bits per heavy atom. The highest BCUT2D eigenvalue weighted by Crippen LogP contribution is 2.16. The molecule has 1 aliphatic rings. The number of ether oxygens (including phenoxy) is 1. The number of carbonyl (C=O) groups excluding carboxylic acids is 1. The second-order valence-electron chi connectivity index (χ2n) is 5.85. The fraction of sp³-hybridized carbons (Fsp3) is 0.529. The Bertz CT molecular complexity index is 521. The molecule has 0 spiro atoms. The molecule has 6 nitrogen and oxygen atoms in total. The standard InChI is InChI=1S/C17H24N2O4/c1-18(17(22)23-13-14-7-3-2-4-8-14)11-12-19-10-6-5-9-15(19)16(20)21/h2-4,7-8,15H,5-6,9-13H2,1H3,(H,20,21)/t15-/m0/s1. The lowest BCUT2D eigenvalue weighted by Gasteiger charge is -2.33. The van der Waals surface area contributed by atoms with Gasteiger partial charge in [-0.1, -0.05) is 36.8 Å². The third kappa shape index (κ3) is 5.25. The number of amides is 1. The minimum atomic E-state index is -0.779. The van der Waals surface area contributed by atoms with E-state index in [2.05, 4.69) is 0 Å². The van der Waals surface area contributed by atoms with Gasteiger partial charge in [-0.15, -0.1) is 0 Å². The van der Waals surface area contributed by atoms with Gasteiger partial charge in [-0.2, -0.15) is 0 Å². The van der Waals surface area contributed by atoms with Crippen LogP contribution in [-0.2, 0) is 16.1 Å². The van der Waals surface area contributed by atoms with Gasteiger partial charge in [-0.3, -0.25) is 9.69 Å². The summed E-state index contributed by atoms with van der Waals surface area (Å²) in [6.45, 7) is 2.01. The Labute approximate surface area is 136 Å². The van der Waals surface area contributed by atoms with E-state index in [1.165, 1.54) is 4.90 Å². The summed E-state index contributed by atoms with van der Waals surface area (Å²) in [7, 11) is 1.67. The van der Waals surface area contributed by atoms with Crippen LogP contribution in [0.25, 0.3) is 0 Å². The lowest BCUT2D eigenvalue weighted by molar-refractivity contribution is -0.144. The van der Waals surface area contributed by atoms with Gasteiger partial charge < -0.3 is 14.7 Å². The number of likely N-dealkylation sites (N-methyl/N-ethyl adjacent to an activating group) is 1. The van der Waals surface area contributed by atoms with Crippen LogP contribution in [-0.4, -0.2) is 59.7 Å². The zero-order valence-electron chi connectivity index (χ0n) is 13.5. The summed E-state index contributed by atoms with van der Waals surface area (Å²) in [6.07, 6.45) is 2.24. The molecular weight excluding hydrogens is 296 g/mol. The van der Waals surface area contributed by atoms with Crippen LogP contribution < -0.4 is 0 Å². The maximum absolute atomic E-state index is 12.0. The van der Waals surface area contributed by atoms with E-state index < -0.39 is 18.1 Å². The highest BCUT2D eigenvalue weighted by Gasteiger charge is 2.28. The van der Waals surface area contributed by atoms with E-state index >= 15 is 0 Å². The topological polar surface area (TPSA) is 70.1 Å². The van der Waals surface area contributed by atoms with Crippen LogP contribution in [0.15, 0.2) is 30.3 Å². The van der Waals surface area contributed by atoms with Crippen molar-refractivity contribution in [3.63, 3.8) is 0 Å². The number of carbonyl (C=O) groups is 2. The van der Waals surface area contributed by atoms with E-state index in [-0.39, 0.29) is 6.61 Å². The third-order valence-corrected chi connectivity index (χ3v) is 4.14. The molecule has 1 aliphatic heterocycles. The smallest absolute Gasteiger partial charge is 0.409 e. The van der Waals surface area contributed by atoms with Crippen LogP contribution in [0.1, 0.15) is 24.8 Å². The highest BCUT2D eigenvalue weighted by molar-refractivity contribution is 5.73. The van der Waals surface area contributed by atoms with Crippen LogP contribution >= 0.6 is 0 Å². The van der Waals surface area contributed by atoms with Crippen LogP contribution in [0, 0.1) is 0 Å². The molecule has 0 saturated carbocycles. The number of hydrogen-bond acceptors (Lipinski definition) is 4. The predicted molar refractivity (Wildman–Crippen MR) is 86.1 cm³/mol. The SMILES string of the molecule is CN(CCN1CCCC[C@H]1C(=O)O)C(=O)OCc1ccccc1. The largest absolute Gasteiger partial charge is 0.480 e. The van der Waals surface area contributed by atoms with Gasteiger partial charge >= 0.3 is 12.1 Å². The van der Waals surface area contributed by atoms with Crippen molar-refractivity contribution in [2.45, 2.75) is 31.9 Å². The molecule has 0 aliphatic carbocycles. The normalized spacial score (nSPS) is 18.4. The first-order chi connectivity index (χ1) is 11.1. The van der Waals surface area contributed by atoms with Gasteiger partial charge in [0.25, 0.3) is 0 Å². The highest BCUT2D eigenvalue weighted by atomic mass is 16.6. The number of piperidine rings is 1. The fourth-order valence-corrected chi connectivity index (χ4v) is 2.74. The monoisotopic (exact) mass is 320 g/mol. The van der Waals surface area contributed by atoms with Gasteiger partial charge in [0, 0.05) is 20.1 Å². The number of hydrogen-bond donors (Lipinski definition) is 1. The van der Waals surface area contributed by atoms with Crippen molar-refractivity contribution in [2.24, 2.45) is 0 Å². The average Bonchev–Trinajstić information content (AvgIpc) is 2.58. The molecule has 2 rings (SSSR count). The first kappa shape index (κ1) is 17.3. The van der Waals surface area contributed by atoms with E-state index in [0.717, 1.165) is 24.9 Å².